The van der Waals surface area contributed by atoms with Crippen LogP contribution in [-0.4, -0.2) is 16.3 Å². The minimum absolute atomic E-state index is 0.248. The highest BCUT2D eigenvalue weighted by atomic mass is 16.7. The number of benzene rings is 1. The molecule has 0 amide bonds. The molecule has 2 heterocycles. The molecule has 1 unspecified atom stereocenters. The number of oxime groups is 1. The third-order valence-electron chi connectivity index (χ3n) is 3.68. The SMILES string of the molecule is CCC1=NOC(C)(Cc2nccc3ccccc23)C1. The fourth-order valence-electron chi connectivity index (χ4n) is 2.63. The van der Waals surface area contributed by atoms with Crippen molar-refractivity contribution in [2.24, 2.45) is 5.16 Å². The normalized spacial score (nSPS) is 22.3. The molecular weight excluding hydrogens is 236 g/mol. The van der Waals surface area contributed by atoms with Crippen LogP contribution in [0.1, 0.15) is 32.4 Å². The molecule has 98 valence electrons. The lowest BCUT2D eigenvalue weighted by Crippen LogP contribution is -2.28. The molecule has 1 aliphatic heterocycles. The molecule has 19 heavy (non-hydrogen) atoms. The molecule has 0 saturated carbocycles. The van der Waals surface area contributed by atoms with E-state index in [4.69, 9.17) is 4.84 Å². The molecule has 0 saturated heterocycles. The molecule has 0 radical (unpaired) electrons. The van der Waals surface area contributed by atoms with Gasteiger partial charge in [-0.25, -0.2) is 0 Å². The third-order valence-corrected chi connectivity index (χ3v) is 3.68. The lowest BCUT2D eigenvalue weighted by Gasteiger charge is -2.21. The number of pyridine rings is 1. The number of aromatic nitrogens is 1. The Balaban J connectivity index is 1.90. The molecule has 1 atom stereocenters. The second kappa shape index (κ2) is 4.65. The van der Waals surface area contributed by atoms with Crippen LogP contribution in [0.15, 0.2) is 41.7 Å². The Morgan fingerprint density at radius 1 is 1.26 bits per heavy atom. The summed E-state index contributed by atoms with van der Waals surface area (Å²) >= 11 is 0. The molecule has 0 aliphatic carbocycles. The summed E-state index contributed by atoms with van der Waals surface area (Å²) in [5, 5.41) is 6.61. The molecule has 2 aromatic rings. The highest BCUT2D eigenvalue weighted by molar-refractivity contribution is 5.86. The van der Waals surface area contributed by atoms with Crippen LogP contribution in [0.4, 0.5) is 0 Å². The van der Waals surface area contributed by atoms with E-state index in [9.17, 15) is 0 Å². The molecule has 0 spiro atoms. The van der Waals surface area contributed by atoms with Gasteiger partial charge in [-0.3, -0.25) is 4.98 Å². The summed E-state index contributed by atoms with van der Waals surface area (Å²) < 4.78 is 0. The van der Waals surface area contributed by atoms with Gasteiger partial charge in [0, 0.05) is 24.4 Å². The standard InChI is InChI=1S/C16H18N2O/c1-3-13-10-16(2,19-18-13)11-15-14-7-5-4-6-12(14)8-9-17-15/h4-9H,3,10-11H2,1-2H3. The fraction of sp³-hybridized carbons (Fsp3) is 0.375. The van der Waals surface area contributed by atoms with Crippen LogP contribution in [0.25, 0.3) is 10.8 Å². The van der Waals surface area contributed by atoms with E-state index in [1.165, 1.54) is 10.8 Å². The average molecular weight is 254 g/mol. The first-order chi connectivity index (χ1) is 9.20. The van der Waals surface area contributed by atoms with Gasteiger partial charge in [0.05, 0.1) is 11.4 Å². The Labute approximate surface area is 113 Å². The van der Waals surface area contributed by atoms with E-state index < -0.39 is 0 Å². The zero-order valence-electron chi connectivity index (χ0n) is 11.4. The summed E-state index contributed by atoms with van der Waals surface area (Å²) in [6, 6.07) is 10.4. The summed E-state index contributed by atoms with van der Waals surface area (Å²) in [5.41, 5.74) is 1.98. The molecule has 0 N–H and O–H groups in total. The number of fused-ring (bicyclic) bond motifs is 1. The van der Waals surface area contributed by atoms with Crippen LogP contribution in [-0.2, 0) is 11.3 Å². The maximum absolute atomic E-state index is 5.64. The van der Waals surface area contributed by atoms with E-state index in [0.29, 0.717) is 0 Å². The Morgan fingerprint density at radius 3 is 2.89 bits per heavy atom. The molecule has 0 fully saturated rings. The maximum Gasteiger partial charge on any atom is 0.145 e. The third kappa shape index (κ3) is 2.33. The van der Waals surface area contributed by atoms with Gasteiger partial charge in [-0.2, -0.15) is 0 Å². The topological polar surface area (TPSA) is 34.5 Å². The van der Waals surface area contributed by atoms with E-state index in [1.807, 2.05) is 12.3 Å². The zero-order chi connectivity index (χ0) is 13.3. The summed E-state index contributed by atoms with van der Waals surface area (Å²) in [4.78, 5) is 10.2. The molecule has 1 aliphatic rings. The lowest BCUT2D eigenvalue weighted by atomic mass is 9.91. The Morgan fingerprint density at radius 2 is 2.11 bits per heavy atom. The quantitative estimate of drug-likeness (QED) is 0.836. The van der Waals surface area contributed by atoms with Crippen molar-refractivity contribution in [3.63, 3.8) is 0 Å². The lowest BCUT2D eigenvalue weighted by molar-refractivity contribution is -0.00326. The van der Waals surface area contributed by atoms with E-state index >= 15 is 0 Å². The molecule has 1 aromatic heterocycles. The second-order valence-electron chi connectivity index (χ2n) is 5.38. The first kappa shape index (κ1) is 12.2. The van der Waals surface area contributed by atoms with E-state index in [2.05, 4.69) is 48.3 Å². The summed E-state index contributed by atoms with van der Waals surface area (Å²) in [6.45, 7) is 4.23. The van der Waals surface area contributed by atoms with E-state index in [1.54, 1.807) is 0 Å². The summed E-state index contributed by atoms with van der Waals surface area (Å²) in [6.07, 6.45) is 4.52. The van der Waals surface area contributed by atoms with Crippen molar-refractivity contribution in [2.45, 2.75) is 38.7 Å². The van der Waals surface area contributed by atoms with E-state index in [-0.39, 0.29) is 5.60 Å². The van der Waals surface area contributed by atoms with Crippen LogP contribution in [0.2, 0.25) is 0 Å². The van der Waals surface area contributed by atoms with E-state index in [0.717, 1.165) is 30.7 Å². The fourth-order valence-corrected chi connectivity index (χ4v) is 2.63. The Hall–Kier alpha value is -1.90. The van der Waals surface area contributed by atoms with Gasteiger partial charge in [0.1, 0.15) is 5.60 Å². The van der Waals surface area contributed by atoms with Gasteiger partial charge in [-0.15, -0.1) is 0 Å². The van der Waals surface area contributed by atoms with Crippen molar-refractivity contribution in [1.82, 2.24) is 4.98 Å². The van der Waals surface area contributed by atoms with Gasteiger partial charge >= 0.3 is 0 Å². The smallest absolute Gasteiger partial charge is 0.145 e. The monoisotopic (exact) mass is 254 g/mol. The van der Waals surface area contributed by atoms with Crippen molar-refractivity contribution in [3.05, 3.63) is 42.2 Å². The number of hydrogen-bond donors (Lipinski definition) is 0. The molecule has 1 aromatic carbocycles. The number of nitrogens with zero attached hydrogens (tertiary/aromatic N) is 2. The highest BCUT2D eigenvalue weighted by Gasteiger charge is 2.34. The maximum atomic E-state index is 5.64. The number of rotatable bonds is 3. The minimum atomic E-state index is -0.248. The molecule has 3 rings (SSSR count). The molecular formula is C16H18N2O. The van der Waals surface area contributed by atoms with Crippen molar-refractivity contribution in [3.8, 4) is 0 Å². The van der Waals surface area contributed by atoms with Crippen LogP contribution >= 0.6 is 0 Å². The zero-order valence-corrected chi connectivity index (χ0v) is 11.4. The predicted octanol–water partition coefficient (Wildman–Crippen LogP) is 3.72. The molecule has 3 nitrogen and oxygen atoms in total. The highest BCUT2D eigenvalue weighted by Crippen LogP contribution is 2.30. The van der Waals surface area contributed by atoms with Crippen LogP contribution in [0.3, 0.4) is 0 Å². The van der Waals surface area contributed by atoms with Crippen molar-refractivity contribution in [2.75, 3.05) is 0 Å². The molecule has 0 bridgehead atoms. The van der Waals surface area contributed by atoms with Crippen molar-refractivity contribution < 1.29 is 4.84 Å². The largest absolute Gasteiger partial charge is 0.389 e. The van der Waals surface area contributed by atoms with Gasteiger partial charge in [-0.05, 0) is 24.8 Å². The minimum Gasteiger partial charge on any atom is -0.389 e. The van der Waals surface area contributed by atoms with Crippen molar-refractivity contribution >= 4 is 16.5 Å². The first-order valence-electron chi connectivity index (χ1n) is 6.77. The Bertz CT molecular complexity index is 630. The van der Waals surface area contributed by atoms with Crippen LogP contribution in [0.5, 0.6) is 0 Å². The van der Waals surface area contributed by atoms with Gasteiger partial charge in [-0.1, -0.05) is 36.3 Å². The first-order valence-corrected chi connectivity index (χ1v) is 6.77. The predicted molar refractivity (Wildman–Crippen MR) is 77.3 cm³/mol. The molecule has 3 heteroatoms. The average Bonchev–Trinajstić information content (AvgIpc) is 2.81. The van der Waals surface area contributed by atoms with Crippen LogP contribution in [0, 0.1) is 0 Å². The van der Waals surface area contributed by atoms with Crippen molar-refractivity contribution in [1.29, 1.82) is 0 Å². The second-order valence-corrected chi connectivity index (χ2v) is 5.38. The Kier molecular flexibility index (Phi) is 2.97. The van der Waals surface area contributed by atoms with Crippen LogP contribution < -0.4 is 0 Å². The van der Waals surface area contributed by atoms with Gasteiger partial charge in [0.2, 0.25) is 0 Å². The summed E-state index contributed by atoms with van der Waals surface area (Å²) in [7, 11) is 0. The number of hydrogen-bond acceptors (Lipinski definition) is 3. The van der Waals surface area contributed by atoms with Gasteiger partial charge < -0.3 is 4.84 Å². The van der Waals surface area contributed by atoms with Gasteiger partial charge in [0.15, 0.2) is 0 Å². The van der Waals surface area contributed by atoms with Gasteiger partial charge in [0.25, 0.3) is 0 Å². The summed E-state index contributed by atoms with van der Waals surface area (Å²) in [5.74, 6) is 0.